The molecule has 0 amide bonds. The van der Waals surface area contributed by atoms with Gasteiger partial charge in [0.1, 0.15) is 11.3 Å². The van der Waals surface area contributed by atoms with Crippen LogP contribution in [0.15, 0.2) is 24.3 Å². The fraction of sp³-hybridized carbons (Fsp3) is 0.588. The van der Waals surface area contributed by atoms with Gasteiger partial charge in [0.25, 0.3) is 0 Å². The number of hydrogen-bond acceptors (Lipinski definition) is 4. The Morgan fingerprint density at radius 1 is 1.43 bits per heavy atom. The van der Waals surface area contributed by atoms with Crippen molar-refractivity contribution in [2.75, 3.05) is 19.0 Å². The van der Waals surface area contributed by atoms with Crippen LogP contribution in [0.2, 0.25) is 0 Å². The minimum atomic E-state index is -0.687. The minimum absolute atomic E-state index is 0.181. The van der Waals surface area contributed by atoms with E-state index >= 15 is 0 Å². The molecule has 0 aliphatic heterocycles. The van der Waals surface area contributed by atoms with Gasteiger partial charge in [0.05, 0.1) is 13.7 Å². The van der Waals surface area contributed by atoms with Crippen LogP contribution in [0.3, 0.4) is 0 Å². The highest BCUT2D eigenvalue weighted by Gasteiger charge is 2.38. The lowest BCUT2D eigenvalue weighted by Gasteiger charge is -2.36. The van der Waals surface area contributed by atoms with Crippen molar-refractivity contribution in [3.8, 4) is 5.75 Å². The molecule has 1 N–H and O–H groups in total. The van der Waals surface area contributed by atoms with E-state index in [0.717, 1.165) is 17.9 Å². The standard InChI is InChI=1S/C17H25NO3/c1-4-21-16(19)17(2,12-13-7-5-8-13)18-14-9-6-10-15(11-14)20-3/h6,9-11,13,18H,4-5,7-8,12H2,1-3H3. The molecule has 21 heavy (non-hydrogen) atoms. The Labute approximate surface area is 126 Å². The maximum Gasteiger partial charge on any atom is 0.331 e. The fourth-order valence-corrected chi connectivity index (χ4v) is 2.77. The lowest BCUT2D eigenvalue weighted by Crippen LogP contribution is -2.47. The first-order chi connectivity index (χ1) is 10.1. The summed E-state index contributed by atoms with van der Waals surface area (Å²) in [5, 5.41) is 3.36. The second-order valence-electron chi connectivity index (χ2n) is 5.91. The fourth-order valence-electron chi connectivity index (χ4n) is 2.77. The monoisotopic (exact) mass is 291 g/mol. The average Bonchev–Trinajstić information content (AvgIpc) is 2.43. The van der Waals surface area contributed by atoms with Crippen molar-refractivity contribution in [2.24, 2.45) is 5.92 Å². The zero-order chi connectivity index (χ0) is 15.3. The summed E-state index contributed by atoms with van der Waals surface area (Å²) in [5.74, 6) is 1.20. The largest absolute Gasteiger partial charge is 0.497 e. The van der Waals surface area contributed by atoms with Crippen molar-refractivity contribution in [1.29, 1.82) is 0 Å². The van der Waals surface area contributed by atoms with Gasteiger partial charge in [0.2, 0.25) is 0 Å². The molecule has 1 aliphatic carbocycles. The Morgan fingerprint density at radius 2 is 2.19 bits per heavy atom. The van der Waals surface area contributed by atoms with Crippen LogP contribution >= 0.6 is 0 Å². The number of hydrogen-bond donors (Lipinski definition) is 1. The molecule has 1 atom stereocenters. The average molecular weight is 291 g/mol. The summed E-state index contributed by atoms with van der Waals surface area (Å²) in [7, 11) is 1.64. The molecule has 0 heterocycles. The Balaban J connectivity index is 2.15. The summed E-state index contributed by atoms with van der Waals surface area (Å²) in [6, 6.07) is 7.65. The minimum Gasteiger partial charge on any atom is -0.497 e. The first-order valence-corrected chi connectivity index (χ1v) is 7.67. The molecule has 1 aromatic carbocycles. The number of ether oxygens (including phenoxy) is 2. The molecule has 1 saturated carbocycles. The van der Waals surface area contributed by atoms with Crippen LogP contribution in [0.1, 0.15) is 39.5 Å². The van der Waals surface area contributed by atoms with Crippen molar-refractivity contribution >= 4 is 11.7 Å². The molecule has 1 aromatic rings. The molecule has 0 spiro atoms. The molecule has 4 heteroatoms. The number of carbonyl (C=O) groups excluding carboxylic acids is 1. The van der Waals surface area contributed by atoms with Gasteiger partial charge in [0, 0.05) is 11.8 Å². The van der Waals surface area contributed by atoms with Gasteiger partial charge in [0.15, 0.2) is 0 Å². The molecule has 1 aliphatic rings. The zero-order valence-corrected chi connectivity index (χ0v) is 13.1. The van der Waals surface area contributed by atoms with Crippen LogP contribution in [0, 0.1) is 5.92 Å². The summed E-state index contributed by atoms with van der Waals surface area (Å²) in [6.07, 6.45) is 4.48. The number of rotatable bonds is 7. The number of methoxy groups -OCH3 is 1. The maximum absolute atomic E-state index is 12.4. The Morgan fingerprint density at radius 3 is 2.76 bits per heavy atom. The molecular formula is C17H25NO3. The molecule has 1 fully saturated rings. The number of esters is 1. The molecular weight excluding hydrogens is 266 g/mol. The van der Waals surface area contributed by atoms with Gasteiger partial charge in [-0.1, -0.05) is 25.3 Å². The third kappa shape index (κ3) is 3.90. The van der Waals surface area contributed by atoms with Gasteiger partial charge >= 0.3 is 5.97 Å². The summed E-state index contributed by atoms with van der Waals surface area (Å²) >= 11 is 0. The summed E-state index contributed by atoms with van der Waals surface area (Å²) in [6.45, 7) is 4.18. The van der Waals surface area contributed by atoms with E-state index in [2.05, 4.69) is 5.32 Å². The first kappa shape index (κ1) is 15.7. The summed E-state index contributed by atoms with van der Waals surface area (Å²) in [5.41, 5.74) is 0.192. The number of nitrogens with one attached hydrogen (secondary N) is 1. The van der Waals surface area contributed by atoms with Gasteiger partial charge in [-0.25, -0.2) is 4.79 Å². The van der Waals surface area contributed by atoms with Gasteiger partial charge < -0.3 is 14.8 Å². The van der Waals surface area contributed by atoms with E-state index in [9.17, 15) is 4.79 Å². The Kier molecular flexibility index (Phi) is 5.10. The van der Waals surface area contributed by atoms with Crippen molar-refractivity contribution in [3.63, 3.8) is 0 Å². The number of anilines is 1. The lowest BCUT2D eigenvalue weighted by atomic mass is 9.76. The maximum atomic E-state index is 12.4. The number of carbonyl (C=O) groups is 1. The van der Waals surface area contributed by atoms with E-state index in [1.807, 2.05) is 38.1 Å². The highest BCUT2D eigenvalue weighted by atomic mass is 16.5. The molecule has 4 nitrogen and oxygen atoms in total. The topological polar surface area (TPSA) is 47.6 Å². The lowest BCUT2D eigenvalue weighted by molar-refractivity contribution is -0.148. The van der Waals surface area contributed by atoms with Gasteiger partial charge in [-0.3, -0.25) is 0 Å². The van der Waals surface area contributed by atoms with E-state index in [4.69, 9.17) is 9.47 Å². The third-order valence-corrected chi connectivity index (χ3v) is 4.14. The first-order valence-electron chi connectivity index (χ1n) is 7.67. The van der Waals surface area contributed by atoms with Crippen molar-refractivity contribution in [3.05, 3.63) is 24.3 Å². The van der Waals surface area contributed by atoms with Crippen LogP contribution in [0.4, 0.5) is 5.69 Å². The van der Waals surface area contributed by atoms with Crippen LogP contribution in [-0.4, -0.2) is 25.2 Å². The highest BCUT2D eigenvalue weighted by Crippen LogP contribution is 2.36. The molecule has 0 radical (unpaired) electrons. The molecule has 0 aromatic heterocycles. The SMILES string of the molecule is CCOC(=O)C(C)(CC1CCC1)Nc1cccc(OC)c1. The predicted molar refractivity (Wildman–Crippen MR) is 83.6 cm³/mol. The molecule has 0 saturated heterocycles. The molecule has 2 rings (SSSR count). The van der Waals surface area contributed by atoms with Gasteiger partial charge in [-0.15, -0.1) is 0 Å². The number of benzene rings is 1. The van der Waals surface area contributed by atoms with E-state index in [0.29, 0.717) is 12.5 Å². The smallest absolute Gasteiger partial charge is 0.331 e. The summed E-state index contributed by atoms with van der Waals surface area (Å²) in [4.78, 5) is 12.4. The van der Waals surface area contributed by atoms with Gasteiger partial charge in [-0.05, 0) is 38.3 Å². The van der Waals surface area contributed by atoms with E-state index in [1.165, 1.54) is 19.3 Å². The quantitative estimate of drug-likeness (QED) is 0.779. The predicted octanol–water partition coefficient (Wildman–Crippen LogP) is 3.62. The van der Waals surface area contributed by atoms with E-state index < -0.39 is 5.54 Å². The zero-order valence-electron chi connectivity index (χ0n) is 13.1. The van der Waals surface area contributed by atoms with Gasteiger partial charge in [-0.2, -0.15) is 0 Å². The van der Waals surface area contributed by atoms with Crippen molar-refractivity contribution < 1.29 is 14.3 Å². The van der Waals surface area contributed by atoms with E-state index in [1.54, 1.807) is 7.11 Å². The Hall–Kier alpha value is -1.71. The molecule has 1 unspecified atom stereocenters. The van der Waals surface area contributed by atoms with Crippen molar-refractivity contribution in [1.82, 2.24) is 0 Å². The third-order valence-electron chi connectivity index (χ3n) is 4.14. The second-order valence-corrected chi connectivity index (χ2v) is 5.91. The van der Waals surface area contributed by atoms with Crippen molar-refractivity contribution in [2.45, 2.75) is 45.1 Å². The second kappa shape index (κ2) is 6.83. The molecule has 116 valence electrons. The summed E-state index contributed by atoms with van der Waals surface area (Å²) < 4.78 is 10.5. The van der Waals surface area contributed by atoms with Crippen LogP contribution in [0.5, 0.6) is 5.75 Å². The van der Waals surface area contributed by atoms with Crippen LogP contribution < -0.4 is 10.1 Å². The van der Waals surface area contributed by atoms with Crippen LogP contribution in [-0.2, 0) is 9.53 Å². The van der Waals surface area contributed by atoms with E-state index in [-0.39, 0.29) is 5.97 Å². The Bertz CT molecular complexity index is 485. The molecule has 0 bridgehead atoms. The normalized spacial score (nSPS) is 17.5. The highest BCUT2D eigenvalue weighted by molar-refractivity contribution is 5.84. The van der Waals surface area contributed by atoms with Crippen LogP contribution in [0.25, 0.3) is 0 Å².